The van der Waals surface area contributed by atoms with Crippen LogP contribution in [0.25, 0.3) is 0 Å². The van der Waals surface area contributed by atoms with Crippen LogP contribution in [0.4, 0.5) is 0 Å². The summed E-state index contributed by atoms with van der Waals surface area (Å²) in [6, 6.07) is 0.341. The van der Waals surface area contributed by atoms with Crippen LogP contribution in [0.3, 0.4) is 0 Å². The van der Waals surface area contributed by atoms with Gasteiger partial charge < -0.3 is 10.5 Å². The van der Waals surface area contributed by atoms with Crippen molar-refractivity contribution in [1.29, 1.82) is 0 Å². The first-order valence-corrected chi connectivity index (χ1v) is 5.54. The summed E-state index contributed by atoms with van der Waals surface area (Å²) >= 11 is 0. The third-order valence-electron chi connectivity index (χ3n) is 2.15. The van der Waals surface area contributed by atoms with Crippen LogP contribution >= 0.6 is 0 Å². The van der Waals surface area contributed by atoms with E-state index in [1.54, 1.807) is 0 Å². The Labute approximate surface area is 82.8 Å². The van der Waals surface area contributed by atoms with Gasteiger partial charge in [-0.05, 0) is 39.5 Å². The van der Waals surface area contributed by atoms with Crippen molar-refractivity contribution >= 4 is 0 Å². The average Bonchev–Trinajstić information content (AvgIpc) is 2.03. The van der Waals surface area contributed by atoms with Gasteiger partial charge in [0.1, 0.15) is 0 Å². The van der Waals surface area contributed by atoms with Gasteiger partial charge in [0.2, 0.25) is 0 Å². The summed E-state index contributed by atoms with van der Waals surface area (Å²) in [5, 5.41) is 0. The fourth-order valence-electron chi connectivity index (χ4n) is 1.34. The molecule has 0 aliphatic rings. The maximum Gasteiger partial charge on any atom is 0.0546 e. The zero-order valence-corrected chi connectivity index (χ0v) is 9.38. The molecule has 0 spiro atoms. The van der Waals surface area contributed by atoms with Gasteiger partial charge >= 0.3 is 0 Å². The van der Waals surface area contributed by atoms with Gasteiger partial charge in [-0.2, -0.15) is 0 Å². The van der Waals surface area contributed by atoms with Crippen molar-refractivity contribution in [2.75, 3.05) is 6.61 Å². The molecule has 0 bridgehead atoms. The van der Waals surface area contributed by atoms with Crippen LogP contribution in [0, 0.1) is 0 Å². The van der Waals surface area contributed by atoms with E-state index in [4.69, 9.17) is 10.5 Å². The summed E-state index contributed by atoms with van der Waals surface area (Å²) in [5.74, 6) is 0. The van der Waals surface area contributed by atoms with Crippen LogP contribution in [0.15, 0.2) is 0 Å². The van der Waals surface area contributed by atoms with Crippen molar-refractivity contribution in [3.8, 4) is 0 Å². The zero-order chi connectivity index (χ0) is 10.1. The lowest BCUT2D eigenvalue weighted by Crippen LogP contribution is -2.15. The minimum absolute atomic E-state index is 0.341. The molecular formula is C11H25NO. The van der Waals surface area contributed by atoms with E-state index in [-0.39, 0.29) is 0 Å². The van der Waals surface area contributed by atoms with Crippen molar-refractivity contribution in [3.63, 3.8) is 0 Å². The van der Waals surface area contributed by atoms with Crippen LogP contribution in [-0.2, 0) is 4.74 Å². The summed E-state index contributed by atoms with van der Waals surface area (Å²) in [6.45, 7) is 7.29. The highest BCUT2D eigenvalue weighted by Crippen LogP contribution is 2.04. The predicted octanol–water partition coefficient (Wildman–Crippen LogP) is 2.71. The highest BCUT2D eigenvalue weighted by atomic mass is 16.5. The van der Waals surface area contributed by atoms with E-state index in [1.165, 1.54) is 19.3 Å². The highest BCUT2D eigenvalue weighted by Gasteiger charge is 2.00. The summed E-state index contributed by atoms with van der Waals surface area (Å²) in [5.41, 5.74) is 5.64. The second-order valence-electron chi connectivity index (χ2n) is 3.94. The van der Waals surface area contributed by atoms with Gasteiger partial charge in [0.15, 0.2) is 0 Å². The number of nitrogens with two attached hydrogens (primary N) is 1. The van der Waals surface area contributed by atoms with E-state index in [2.05, 4.69) is 20.8 Å². The molecule has 0 saturated carbocycles. The minimum Gasteiger partial charge on any atom is -0.379 e. The lowest BCUT2D eigenvalue weighted by Gasteiger charge is -2.11. The Morgan fingerprint density at radius 1 is 1.15 bits per heavy atom. The Hall–Kier alpha value is -0.0800. The molecule has 0 aromatic rings. The topological polar surface area (TPSA) is 35.2 Å². The summed E-state index contributed by atoms with van der Waals surface area (Å²) < 4.78 is 5.62. The SMILES string of the molecule is CCCC(C)OCCCCC(C)N. The minimum atomic E-state index is 0.341. The van der Waals surface area contributed by atoms with Gasteiger partial charge in [0, 0.05) is 12.6 Å². The molecule has 0 heterocycles. The Balaban J connectivity index is 3.06. The van der Waals surface area contributed by atoms with Crippen LogP contribution in [0.1, 0.15) is 52.9 Å². The van der Waals surface area contributed by atoms with Gasteiger partial charge in [-0.1, -0.05) is 13.3 Å². The number of ether oxygens (including phenoxy) is 1. The fraction of sp³-hybridized carbons (Fsp3) is 1.00. The second kappa shape index (κ2) is 8.52. The van der Waals surface area contributed by atoms with Crippen LogP contribution in [-0.4, -0.2) is 18.8 Å². The molecule has 2 N–H and O–H groups in total. The zero-order valence-electron chi connectivity index (χ0n) is 9.38. The van der Waals surface area contributed by atoms with E-state index in [0.29, 0.717) is 12.1 Å². The van der Waals surface area contributed by atoms with Gasteiger partial charge in [0.25, 0.3) is 0 Å². The molecule has 0 amide bonds. The molecule has 2 unspecified atom stereocenters. The molecule has 0 fully saturated rings. The summed E-state index contributed by atoms with van der Waals surface area (Å²) in [6.07, 6.45) is 6.27. The Bertz CT molecular complexity index is 104. The molecule has 2 atom stereocenters. The molecule has 0 aromatic heterocycles. The number of rotatable bonds is 8. The van der Waals surface area contributed by atoms with E-state index in [0.717, 1.165) is 19.4 Å². The molecule has 0 saturated heterocycles. The maximum atomic E-state index is 5.64. The number of unbranched alkanes of at least 4 members (excludes halogenated alkanes) is 1. The molecular weight excluding hydrogens is 162 g/mol. The third kappa shape index (κ3) is 9.84. The molecule has 0 aromatic carbocycles. The monoisotopic (exact) mass is 187 g/mol. The summed E-state index contributed by atoms with van der Waals surface area (Å²) in [7, 11) is 0. The van der Waals surface area contributed by atoms with E-state index in [9.17, 15) is 0 Å². The van der Waals surface area contributed by atoms with E-state index >= 15 is 0 Å². The van der Waals surface area contributed by atoms with Gasteiger partial charge in [0.05, 0.1) is 6.10 Å². The summed E-state index contributed by atoms with van der Waals surface area (Å²) in [4.78, 5) is 0. The van der Waals surface area contributed by atoms with Crippen molar-refractivity contribution in [2.24, 2.45) is 5.73 Å². The maximum absolute atomic E-state index is 5.64. The van der Waals surface area contributed by atoms with Gasteiger partial charge in [-0.3, -0.25) is 0 Å². The highest BCUT2D eigenvalue weighted by molar-refractivity contribution is 4.53. The largest absolute Gasteiger partial charge is 0.379 e. The lowest BCUT2D eigenvalue weighted by atomic mass is 10.1. The quantitative estimate of drug-likeness (QED) is 0.593. The standard InChI is InChI=1S/C11H25NO/c1-4-7-11(3)13-9-6-5-8-10(2)12/h10-11H,4-9,12H2,1-3H3. The second-order valence-corrected chi connectivity index (χ2v) is 3.94. The molecule has 0 aliphatic heterocycles. The molecule has 0 aliphatic carbocycles. The molecule has 13 heavy (non-hydrogen) atoms. The number of hydrogen-bond donors (Lipinski definition) is 1. The Kier molecular flexibility index (Phi) is 8.46. The van der Waals surface area contributed by atoms with Crippen molar-refractivity contribution in [1.82, 2.24) is 0 Å². The fourth-order valence-corrected chi connectivity index (χ4v) is 1.34. The first-order chi connectivity index (χ1) is 6.16. The van der Waals surface area contributed by atoms with Crippen LogP contribution in [0.5, 0.6) is 0 Å². The lowest BCUT2D eigenvalue weighted by molar-refractivity contribution is 0.0570. The van der Waals surface area contributed by atoms with Crippen molar-refractivity contribution in [3.05, 3.63) is 0 Å². The first-order valence-electron chi connectivity index (χ1n) is 5.54. The molecule has 2 nitrogen and oxygen atoms in total. The van der Waals surface area contributed by atoms with Crippen molar-refractivity contribution in [2.45, 2.75) is 65.0 Å². The van der Waals surface area contributed by atoms with Gasteiger partial charge in [-0.15, -0.1) is 0 Å². The third-order valence-corrected chi connectivity index (χ3v) is 2.15. The van der Waals surface area contributed by atoms with Crippen molar-refractivity contribution < 1.29 is 4.74 Å². The number of hydrogen-bond acceptors (Lipinski definition) is 2. The normalized spacial score (nSPS) is 15.7. The first kappa shape index (κ1) is 12.9. The predicted molar refractivity (Wildman–Crippen MR) is 57.8 cm³/mol. The smallest absolute Gasteiger partial charge is 0.0546 e. The van der Waals surface area contributed by atoms with Crippen LogP contribution < -0.4 is 5.73 Å². The Morgan fingerprint density at radius 2 is 1.85 bits per heavy atom. The average molecular weight is 187 g/mol. The van der Waals surface area contributed by atoms with E-state index in [1.807, 2.05) is 0 Å². The molecule has 80 valence electrons. The molecule has 2 heteroatoms. The van der Waals surface area contributed by atoms with Crippen LogP contribution in [0.2, 0.25) is 0 Å². The van der Waals surface area contributed by atoms with E-state index < -0.39 is 0 Å². The van der Waals surface area contributed by atoms with Gasteiger partial charge in [-0.25, -0.2) is 0 Å². The molecule has 0 radical (unpaired) electrons. The Morgan fingerprint density at radius 3 is 2.38 bits per heavy atom. The molecule has 0 rings (SSSR count).